The molecule has 0 unspecified atom stereocenters. The number of piperidine rings is 1. The molecule has 1 atom stereocenters. The molecule has 1 rings (SSSR count). The average Bonchev–Trinajstić information content (AvgIpc) is 2.03. The zero-order chi connectivity index (χ0) is 8.97. The fourth-order valence-corrected chi connectivity index (χ4v) is 1.54. The lowest BCUT2D eigenvalue weighted by Crippen LogP contribution is -2.41. The fourth-order valence-electron chi connectivity index (χ4n) is 1.54. The van der Waals surface area contributed by atoms with E-state index in [0.29, 0.717) is 0 Å². The van der Waals surface area contributed by atoms with Crippen LogP contribution in [0.5, 0.6) is 0 Å². The Labute approximate surface area is 72.1 Å². The molecule has 0 radical (unpaired) electrons. The number of hydrogen-bond acceptors (Lipinski definition) is 3. The van der Waals surface area contributed by atoms with E-state index in [1.54, 1.807) is 7.11 Å². The lowest BCUT2D eigenvalue weighted by atomic mass is 10.1. The zero-order valence-corrected chi connectivity index (χ0v) is 7.32. The van der Waals surface area contributed by atoms with Crippen molar-refractivity contribution in [3.63, 3.8) is 0 Å². The van der Waals surface area contributed by atoms with Crippen molar-refractivity contribution in [2.24, 2.45) is 0 Å². The highest BCUT2D eigenvalue weighted by atomic mass is 16.5. The van der Waals surface area contributed by atoms with E-state index in [9.17, 15) is 4.79 Å². The van der Waals surface area contributed by atoms with Gasteiger partial charge >= 0.3 is 5.97 Å². The molecule has 0 bridgehead atoms. The third kappa shape index (κ3) is 2.79. The number of rotatable bonds is 3. The van der Waals surface area contributed by atoms with Crippen LogP contribution in [0.2, 0.25) is 0 Å². The molecule has 1 saturated heterocycles. The molecule has 0 aromatic carbocycles. The second-order valence-corrected chi connectivity index (χ2v) is 3.13. The van der Waals surface area contributed by atoms with Gasteiger partial charge in [0.15, 0.2) is 0 Å². The van der Waals surface area contributed by atoms with Gasteiger partial charge in [-0.05, 0) is 19.4 Å². The van der Waals surface area contributed by atoms with E-state index in [-0.39, 0.29) is 12.6 Å². The molecule has 4 nitrogen and oxygen atoms in total. The first-order chi connectivity index (χ1) is 5.72. The minimum Gasteiger partial charge on any atom is -0.480 e. The summed E-state index contributed by atoms with van der Waals surface area (Å²) in [4.78, 5) is 12.3. The van der Waals surface area contributed by atoms with Crippen molar-refractivity contribution in [2.75, 3.05) is 26.7 Å². The van der Waals surface area contributed by atoms with E-state index in [0.717, 1.165) is 25.9 Å². The number of carbonyl (C=O) groups is 1. The summed E-state index contributed by atoms with van der Waals surface area (Å²) >= 11 is 0. The van der Waals surface area contributed by atoms with Crippen LogP contribution in [0.25, 0.3) is 0 Å². The molecular weight excluding hydrogens is 158 g/mol. The molecule has 70 valence electrons. The maximum atomic E-state index is 10.4. The first-order valence-electron chi connectivity index (χ1n) is 4.19. The highest BCUT2D eigenvalue weighted by Gasteiger charge is 2.20. The van der Waals surface area contributed by atoms with E-state index in [2.05, 4.69) is 0 Å². The highest BCUT2D eigenvalue weighted by molar-refractivity contribution is 5.69. The molecule has 0 aromatic rings. The van der Waals surface area contributed by atoms with Crippen LogP contribution >= 0.6 is 0 Å². The van der Waals surface area contributed by atoms with Crippen molar-refractivity contribution in [2.45, 2.75) is 18.9 Å². The molecule has 1 N–H and O–H groups in total. The van der Waals surface area contributed by atoms with Gasteiger partial charge in [-0.2, -0.15) is 0 Å². The smallest absolute Gasteiger partial charge is 0.317 e. The van der Waals surface area contributed by atoms with Crippen molar-refractivity contribution >= 4 is 5.97 Å². The SMILES string of the molecule is CO[C@H]1CCCN(CC(=O)O)C1. The van der Waals surface area contributed by atoms with Crippen LogP contribution in [0.1, 0.15) is 12.8 Å². The Hall–Kier alpha value is -0.610. The van der Waals surface area contributed by atoms with Gasteiger partial charge in [0, 0.05) is 13.7 Å². The molecule has 0 spiro atoms. The van der Waals surface area contributed by atoms with Gasteiger partial charge in [-0.15, -0.1) is 0 Å². The fraction of sp³-hybridized carbons (Fsp3) is 0.875. The van der Waals surface area contributed by atoms with Crippen LogP contribution in [0.3, 0.4) is 0 Å². The van der Waals surface area contributed by atoms with Gasteiger partial charge in [0.1, 0.15) is 0 Å². The molecule has 1 fully saturated rings. The molecular formula is C8H15NO3. The van der Waals surface area contributed by atoms with Crippen LogP contribution in [0.4, 0.5) is 0 Å². The minimum atomic E-state index is -0.758. The first kappa shape index (κ1) is 9.48. The topological polar surface area (TPSA) is 49.8 Å². The van der Waals surface area contributed by atoms with Crippen molar-refractivity contribution < 1.29 is 14.6 Å². The predicted molar refractivity (Wildman–Crippen MR) is 44.1 cm³/mol. The first-order valence-corrected chi connectivity index (χ1v) is 4.19. The standard InChI is InChI=1S/C8H15NO3/c1-12-7-3-2-4-9(5-7)6-8(10)11/h7H,2-6H2,1H3,(H,10,11)/t7-/m0/s1. The summed E-state index contributed by atoms with van der Waals surface area (Å²) in [5.41, 5.74) is 0. The maximum Gasteiger partial charge on any atom is 0.317 e. The number of ether oxygens (including phenoxy) is 1. The number of nitrogens with zero attached hydrogens (tertiary/aromatic N) is 1. The lowest BCUT2D eigenvalue weighted by Gasteiger charge is -2.30. The normalized spacial score (nSPS) is 25.6. The summed E-state index contributed by atoms with van der Waals surface area (Å²) in [5, 5.41) is 8.54. The van der Waals surface area contributed by atoms with E-state index < -0.39 is 5.97 Å². The third-order valence-corrected chi connectivity index (χ3v) is 2.15. The van der Waals surface area contributed by atoms with Gasteiger partial charge in [-0.3, -0.25) is 9.69 Å². The average molecular weight is 173 g/mol. The van der Waals surface area contributed by atoms with Crippen LogP contribution in [-0.2, 0) is 9.53 Å². The molecule has 12 heavy (non-hydrogen) atoms. The molecule has 1 aliphatic heterocycles. The quantitative estimate of drug-likeness (QED) is 0.661. The Morgan fingerprint density at radius 2 is 2.50 bits per heavy atom. The summed E-state index contributed by atoms with van der Waals surface area (Å²) in [6.45, 7) is 1.77. The number of carboxylic acid groups (broad SMARTS) is 1. The summed E-state index contributed by atoms with van der Waals surface area (Å²) in [6.07, 6.45) is 2.30. The summed E-state index contributed by atoms with van der Waals surface area (Å²) in [5.74, 6) is -0.758. The molecule has 1 heterocycles. The Morgan fingerprint density at radius 3 is 3.08 bits per heavy atom. The van der Waals surface area contributed by atoms with Gasteiger partial charge in [0.25, 0.3) is 0 Å². The van der Waals surface area contributed by atoms with Crippen LogP contribution in [-0.4, -0.2) is 48.8 Å². The molecule has 0 amide bonds. The van der Waals surface area contributed by atoms with Gasteiger partial charge in [0.2, 0.25) is 0 Å². The Kier molecular flexibility index (Phi) is 3.49. The lowest BCUT2D eigenvalue weighted by molar-refractivity contribution is -0.139. The monoisotopic (exact) mass is 173 g/mol. The van der Waals surface area contributed by atoms with Crippen molar-refractivity contribution in [1.29, 1.82) is 0 Å². The number of likely N-dealkylation sites (tertiary alicyclic amines) is 1. The molecule has 1 aliphatic rings. The van der Waals surface area contributed by atoms with E-state index >= 15 is 0 Å². The minimum absolute atomic E-state index is 0.139. The molecule has 0 aliphatic carbocycles. The maximum absolute atomic E-state index is 10.4. The predicted octanol–water partition coefficient (Wildman–Crippen LogP) is 0.182. The summed E-state index contributed by atoms with van der Waals surface area (Å²) < 4.78 is 5.17. The number of methoxy groups -OCH3 is 1. The molecule has 0 aromatic heterocycles. The van der Waals surface area contributed by atoms with Crippen LogP contribution in [0.15, 0.2) is 0 Å². The van der Waals surface area contributed by atoms with Gasteiger partial charge in [0.05, 0.1) is 12.6 Å². The number of hydrogen-bond donors (Lipinski definition) is 1. The van der Waals surface area contributed by atoms with E-state index in [1.165, 1.54) is 0 Å². The van der Waals surface area contributed by atoms with E-state index in [1.807, 2.05) is 4.90 Å². The third-order valence-electron chi connectivity index (χ3n) is 2.15. The summed E-state index contributed by atoms with van der Waals surface area (Å²) in [7, 11) is 1.68. The van der Waals surface area contributed by atoms with Crippen molar-refractivity contribution in [3.05, 3.63) is 0 Å². The second-order valence-electron chi connectivity index (χ2n) is 3.13. The van der Waals surface area contributed by atoms with Crippen molar-refractivity contribution in [1.82, 2.24) is 4.90 Å². The Bertz CT molecular complexity index is 160. The number of carboxylic acids is 1. The van der Waals surface area contributed by atoms with Gasteiger partial charge in [-0.25, -0.2) is 0 Å². The highest BCUT2D eigenvalue weighted by Crippen LogP contribution is 2.11. The Morgan fingerprint density at radius 1 is 1.75 bits per heavy atom. The molecule has 4 heteroatoms. The Balaban J connectivity index is 2.30. The van der Waals surface area contributed by atoms with Gasteiger partial charge < -0.3 is 9.84 Å². The second kappa shape index (κ2) is 4.42. The van der Waals surface area contributed by atoms with E-state index in [4.69, 9.17) is 9.84 Å². The largest absolute Gasteiger partial charge is 0.480 e. The zero-order valence-electron chi connectivity index (χ0n) is 7.32. The van der Waals surface area contributed by atoms with Gasteiger partial charge in [-0.1, -0.05) is 0 Å². The van der Waals surface area contributed by atoms with Crippen LogP contribution < -0.4 is 0 Å². The van der Waals surface area contributed by atoms with Crippen LogP contribution in [0, 0.1) is 0 Å². The van der Waals surface area contributed by atoms with Crippen molar-refractivity contribution in [3.8, 4) is 0 Å². The number of aliphatic carboxylic acids is 1. The summed E-state index contributed by atoms with van der Waals surface area (Å²) in [6, 6.07) is 0. The molecule has 0 saturated carbocycles.